The van der Waals surface area contributed by atoms with Gasteiger partial charge in [0.25, 0.3) is 23.4 Å². The first-order valence-electron chi connectivity index (χ1n) is 16.1. The van der Waals surface area contributed by atoms with Gasteiger partial charge in [0.15, 0.2) is 5.76 Å². The maximum Gasteiger partial charge on any atom is 0.573 e. The number of halogens is 3. The highest BCUT2D eigenvalue weighted by Crippen LogP contribution is 2.36. The third-order valence-electron chi connectivity index (χ3n) is 8.72. The van der Waals surface area contributed by atoms with Crippen LogP contribution >= 0.6 is 0 Å². The molecule has 1 atom stereocenters. The summed E-state index contributed by atoms with van der Waals surface area (Å²) in [5.41, 5.74) is 1.33. The molecule has 3 aromatic carbocycles. The minimum atomic E-state index is -5.18. The van der Waals surface area contributed by atoms with Gasteiger partial charge in [0, 0.05) is 30.7 Å². The van der Waals surface area contributed by atoms with Crippen molar-refractivity contribution in [1.82, 2.24) is 20.5 Å². The summed E-state index contributed by atoms with van der Waals surface area (Å²) in [7, 11) is 0. The van der Waals surface area contributed by atoms with E-state index < -0.39 is 58.2 Å². The smallest absolute Gasteiger partial charge is 0.463 e. The molecule has 0 aliphatic carbocycles. The van der Waals surface area contributed by atoms with E-state index in [0.29, 0.717) is 33.8 Å². The van der Waals surface area contributed by atoms with Crippen LogP contribution < -0.4 is 15.4 Å². The van der Waals surface area contributed by atoms with Gasteiger partial charge < -0.3 is 14.5 Å². The van der Waals surface area contributed by atoms with Gasteiger partial charge in [0.05, 0.1) is 33.6 Å². The third kappa shape index (κ3) is 7.01. The highest BCUT2D eigenvalue weighted by Gasteiger charge is 2.44. The zero-order valence-electron chi connectivity index (χ0n) is 27.5. The summed E-state index contributed by atoms with van der Waals surface area (Å²) in [6, 6.07) is 18.4. The van der Waals surface area contributed by atoms with Crippen LogP contribution in [0.1, 0.15) is 49.5 Å². The molecular formula is C37H24F3N5O9. The number of nitro benzene ring substituents is 1. The minimum absolute atomic E-state index is 0.0132. The Morgan fingerprint density at radius 2 is 1.65 bits per heavy atom. The largest absolute Gasteiger partial charge is 0.573 e. The molecule has 2 N–H and O–H groups in total. The number of hydrogen-bond donors (Lipinski definition) is 2. The van der Waals surface area contributed by atoms with Gasteiger partial charge in [0.1, 0.15) is 17.5 Å². The Kier molecular flexibility index (Phi) is 8.98. The van der Waals surface area contributed by atoms with E-state index in [9.17, 15) is 47.3 Å². The predicted octanol–water partition coefficient (Wildman–Crippen LogP) is 5.81. The second-order valence-electron chi connectivity index (χ2n) is 12.2. The second-order valence-corrected chi connectivity index (χ2v) is 12.2. The molecule has 0 spiro atoms. The molecule has 4 heterocycles. The molecule has 54 heavy (non-hydrogen) atoms. The van der Waals surface area contributed by atoms with Crippen molar-refractivity contribution in [3.63, 3.8) is 0 Å². The first-order chi connectivity index (χ1) is 25.8. The van der Waals surface area contributed by atoms with Crippen LogP contribution in [-0.4, -0.2) is 56.7 Å². The van der Waals surface area contributed by atoms with Gasteiger partial charge in [-0.1, -0.05) is 12.1 Å². The quantitative estimate of drug-likeness (QED) is 0.106. The normalized spacial score (nSPS) is 15.5. The lowest BCUT2D eigenvalue weighted by molar-refractivity contribution is -0.384. The number of fused-ring (bicyclic) bond motifs is 1. The Hall–Kier alpha value is -7.17. The van der Waals surface area contributed by atoms with Crippen molar-refractivity contribution < 1.29 is 51.2 Å². The molecule has 14 nitrogen and oxygen atoms in total. The summed E-state index contributed by atoms with van der Waals surface area (Å²) in [6.07, 6.45) is -3.86. The number of carbonyl (C=O) groups is 5. The monoisotopic (exact) mass is 739 g/mol. The van der Waals surface area contributed by atoms with Crippen LogP contribution in [0.3, 0.4) is 0 Å². The zero-order chi connectivity index (χ0) is 38.3. The number of ether oxygens (including phenoxy) is 1. The van der Waals surface area contributed by atoms with E-state index in [0.717, 1.165) is 17.0 Å². The van der Waals surface area contributed by atoms with Gasteiger partial charge in [-0.2, -0.15) is 0 Å². The van der Waals surface area contributed by atoms with E-state index in [2.05, 4.69) is 20.4 Å². The van der Waals surface area contributed by atoms with Gasteiger partial charge in [-0.15, -0.1) is 13.2 Å². The molecule has 1 saturated heterocycles. The maximum absolute atomic E-state index is 13.7. The minimum Gasteiger partial charge on any atom is -0.463 e. The summed E-state index contributed by atoms with van der Waals surface area (Å²) in [4.78, 5) is 79.4. The lowest BCUT2D eigenvalue weighted by Crippen LogP contribution is -2.54. The number of rotatable bonds is 9. The Morgan fingerprint density at radius 3 is 2.33 bits per heavy atom. The molecule has 0 radical (unpaired) electrons. The number of nitrogens with zero attached hydrogens (tertiary/aromatic N) is 3. The molecule has 272 valence electrons. The molecule has 5 aromatic rings. The number of amides is 5. The summed E-state index contributed by atoms with van der Waals surface area (Å²) in [5, 5.41) is 15.8. The van der Waals surface area contributed by atoms with E-state index in [4.69, 9.17) is 4.42 Å². The zero-order valence-corrected chi connectivity index (χ0v) is 27.5. The van der Waals surface area contributed by atoms with Crippen molar-refractivity contribution in [1.29, 1.82) is 0 Å². The topological polar surface area (TPSA) is 191 Å². The van der Waals surface area contributed by atoms with Crippen LogP contribution in [0.4, 0.5) is 18.9 Å². The lowest BCUT2D eigenvalue weighted by atomic mass is 9.99. The Morgan fingerprint density at radius 1 is 0.926 bits per heavy atom. The van der Waals surface area contributed by atoms with Crippen molar-refractivity contribution in [3.8, 4) is 39.6 Å². The molecule has 17 heteroatoms. The van der Waals surface area contributed by atoms with E-state index >= 15 is 0 Å². The summed E-state index contributed by atoms with van der Waals surface area (Å²) >= 11 is 0. The van der Waals surface area contributed by atoms with E-state index in [1.54, 1.807) is 24.3 Å². The number of furan rings is 1. The van der Waals surface area contributed by atoms with E-state index in [1.165, 1.54) is 54.8 Å². The fraction of sp³-hybridized carbons (Fsp3) is 0.135. The molecule has 2 aliphatic rings. The number of imide groups is 2. The number of carbonyl (C=O) groups excluding carboxylic acids is 5. The molecule has 5 amide bonds. The first-order valence-corrected chi connectivity index (χ1v) is 16.1. The second kappa shape index (κ2) is 13.8. The average molecular weight is 740 g/mol. The Balaban J connectivity index is 1.16. The third-order valence-corrected chi connectivity index (χ3v) is 8.72. The fourth-order valence-corrected chi connectivity index (χ4v) is 6.15. The molecular weight excluding hydrogens is 715 g/mol. The average Bonchev–Trinajstić information content (AvgIpc) is 3.77. The molecule has 2 aliphatic heterocycles. The molecule has 1 unspecified atom stereocenters. The van der Waals surface area contributed by atoms with Crippen LogP contribution in [0.5, 0.6) is 5.75 Å². The van der Waals surface area contributed by atoms with Gasteiger partial charge in [-0.25, -0.2) is 4.98 Å². The van der Waals surface area contributed by atoms with Crippen LogP contribution in [0.2, 0.25) is 0 Å². The number of nitro groups is 1. The fourth-order valence-electron chi connectivity index (χ4n) is 6.15. The van der Waals surface area contributed by atoms with Crippen molar-refractivity contribution in [2.24, 2.45) is 0 Å². The van der Waals surface area contributed by atoms with Crippen LogP contribution in [-0.2, 0) is 16.1 Å². The number of hydrogen-bond acceptors (Lipinski definition) is 10. The van der Waals surface area contributed by atoms with Crippen LogP contribution in [0.15, 0.2) is 95.6 Å². The number of benzene rings is 3. The summed E-state index contributed by atoms with van der Waals surface area (Å²) in [6.45, 7) is -0.269. The standard InChI is InChI=1S/C37H24F3N5O9/c38-37(39,40)54-31-17-21(22-15-27(20-4-7-23(8-5-20)45(51)52)42-28(16-22)30-2-1-13-53-30)6-10-25(31)33(47)41-18-19-3-9-24-26(14-19)36(50)44(35(24)49)29-11-12-32(46)43-34(29)48/h1-10,13-17,29H,11-12,18H2,(H,41,47)(H,43,46,48). The number of aromatic nitrogens is 1. The SMILES string of the molecule is O=C1CCC(N2C(=O)c3ccc(CNC(=O)c4ccc(-c5cc(-c6ccc([N+](=O)[O-])cc6)nc(-c6ccco6)c5)cc4OC(F)(F)F)cc3C2=O)C(=O)N1. The summed E-state index contributed by atoms with van der Waals surface area (Å²) < 4.78 is 50.8. The highest BCUT2D eigenvalue weighted by molar-refractivity contribution is 6.23. The van der Waals surface area contributed by atoms with E-state index in [-0.39, 0.29) is 41.8 Å². The van der Waals surface area contributed by atoms with Gasteiger partial charge in [-0.3, -0.25) is 44.3 Å². The van der Waals surface area contributed by atoms with E-state index in [1.807, 2.05) is 0 Å². The number of non-ortho nitro benzene ring substituents is 1. The van der Waals surface area contributed by atoms with Gasteiger partial charge >= 0.3 is 6.36 Å². The van der Waals surface area contributed by atoms with Crippen molar-refractivity contribution in [2.75, 3.05) is 0 Å². The first kappa shape index (κ1) is 35.2. The molecule has 0 bridgehead atoms. The Bertz CT molecular complexity index is 2380. The number of nitrogens with one attached hydrogen (secondary N) is 2. The number of alkyl halides is 3. The predicted molar refractivity (Wildman–Crippen MR) is 180 cm³/mol. The highest BCUT2D eigenvalue weighted by atomic mass is 19.4. The van der Waals surface area contributed by atoms with Crippen LogP contribution in [0.25, 0.3) is 33.8 Å². The lowest BCUT2D eigenvalue weighted by Gasteiger charge is -2.27. The van der Waals surface area contributed by atoms with Crippen LogP contribution in [0, 0.1) is 10.1 Å². The van der Waals surface area contributed by atoms with Gasteiger partial charge in [-0.05, 0) is 83.8 Å². The van der Waals surface area contributed by atoms with Crippen molar-refractivity contribution in [2.45, 2.75) is 31.8 Å². The van der Waals surface area contributed by atoms with Crippen molar-refractivity contribution >= 4 is 35.2 Å². The van der Waals surface area contributed by atoms with Crippen molar-refractivity contribution in [3.05, 3.63) is 124 Å². The van der Waals surface area contributed by atoms with Gasteiger partial charge in [0.2, 0.25) is 11.8 Å². The molecule has 1 fully saturated rings. The molecule has 2 aromatic heterocycles. The maximum atomic E-state index is 13.7. The molecule has 0 saturated carbocycles. The number of piperidine rings is 1. The molecule has 7 rings (SSSR count). The summed E-state index contributed by atoms with van der Waals surface area (Å²) in [5.74, 6) is -4.22. The Labute approximate surface area is 301 Å². The number of pyridine rings is 1.